The Labute approximate surface area is 67.0 Å². The molecule has 60 valence electrons. The van der Waals surface area contributed by atoms with Crippen LogP contribution in [0.2, 0.25) is 0 Å². The largest absolute Gasteiger partial charge is 0.381 e. The van der Waals surface area contributed by atoms with E-state index in [0.29, 0.717) is 12.1 Å². The first-order valence-electron chi connectivity index (χ1n) is 3.75. The van der Waals surface area contributed by atoms with Gasteiger partial charge in [0.25, 0.3) is 0 Å². The highest BCUT2D eigenvalue weighted by molar-refractivity contribution is 6.13. The van der Waals surface area contributed by atoms with E-state index in [2.05, 4.69) is 4.84 Å². The van der Waals surface area contributed by atoms with Crippen LogP contribution >= 0.6 is 11.8 Å². The summed E-state index contributed by atoms with van der Waals surface area (Å²) in [4.78, 5) is 2.77. The first-order valence-corrected chi connectivity index (χ1v) is 4.13. The number of nitrogens with one attached hydrogen (secondary N) is 1. The Morgan fingerprint density at radius 1 is 1.30 bits per heavy atom. The van der Waals surface area contributed by atoms with Gasteiger partial charge in [0.1, 0.15) is 0 Å². The van der Waals surface area contributed by atoms with Crippen LogP contribution in [0.15, 0.2) is 0 Å². The molecule has 0 spiro atoms. The first kappa shape index (κ1) is 8.31. The van der Waals surface area contributed by atoms with Crippen LogP contribution in [0.25, 0.3) is 0 Å². The molecular formula is C7H14ClNO. The molecule has 1 saturated carbocycles. The normalized spacial score (nSPS) is 34.2. The van der Waals surface area contributed by atoms with Gasteiger partial charge in [0.05, 0.1) is 6.10 Å². The van der Waals surface area contributed by atoms with Gasteiger partial charge in [-0.25, -0.2) is 4.84 Å². The molecule has 0 amide bonds. The number of ether oxygens (including phenoxy) is 1. The Hall–Kier alpha value is 0.210. The number of methoxy groups -OCH3 is 1. The summed E-state index contributed by atoms with van der Waals surface area (Å²) in [5.41, 5.74) is 0. The van der Waals surface area contributed by atoms with E-state index >= 15 is 0 Å². The highest BCUT2D eigenvalue weighted by atomic mass is 35.5. The summed E-state index contributed by atoms with van der Waals surface area (Å²) < 4.78 is 5.21. The van der Waals surface area contributed by atoms with Crippen LogP contribution in [-0.4, -0.2) is 19.3 Å². The average Bonchev–Trinajstić information content (AvgIpc) is 2.05. The second-order valence-corrected chi connectivity index (χ2v) is 3.04. The molecule has 10 heavy (non-hydrogen) atoms. The van der Waals surface area contributed by atoms with Gasteiger partial charge in [-0.3, -0.25) is 0 Å². The molecule has 0 heterocycles. The zero-order valence-electron chi connectivity index (χ0n) is 6.27. The van der Waals surface area contributed by atoms with Crippen LogP contribution in [0.4, 0.5) is 0 Å². The molecule has 1 N–H and O–H groups in total. The van der Waals surface area contributed by atoms with Crippen LogP contribution in [0, 0.1) is 0 Å². The van der Waals surface area contributed by atoms with Crippen molar-refractivity contribution in [2.24, 2.45) is 0 Å². The lowest BCUT2D eigenvalue weighted by molar-refractivity contribution is 0.0650. The van der Waals surface area contributed by atoms with Gasteiger partial charge in [0.15, 0.2) is 0 Å². The number of rotatable bonds is 2. The maximum absolute atomic E-state index is 5.48. The number of hydrogen-bond donors (Lipinski definition) is 1. The molecule has 0 aromatic heterocycles. The second kappa shape index (κ2) is 4.16. The minimum Gasteiger partial charge on any atom is -0.381 e. The zero-order valence-corrected chi connectivity index (χ0v) is 7.03. The summed E-state index contributed by atoms with van der Waals surface area (Å²) in [5.74, 6) is 0. The van der Waals surface area contributed by atoms with Crippen molar-refractivity contribution < 1.29 is 4.74 Å². The second-order valence-electron chi connectivity index (χ2n) is 2.82. The van der Waals surface area contributed by atoms with E-state index in [1.165, 1.54) is 0 Å². The van der Waals surface area contributed by atoms with Crippen molar-refractivity contribution in [1.29, 1.82) is 0 Å². The third kappa shape index (κ3) is 2.11. The van der Waals surface area contributed by atoms with Gasteiger partial charge < -0.3 is 4.74 Å². The maximum Gasteiger partial charge on any atom is 0.0572 e. The molecule has 0 aromatic rings. The van der Waals surface area contributed by atoms with Crippen LogP contribution < -0.4 is 4.84 Å². The minimum atomic E-state index is 0.473. The van der Waals surface area contributed by atoms with Crippen LogP contribution in [0.5, 0.6) is 0 Å². The number of halogens is 1. The van der Waals surface area contributed by atoms with Crippen LogP contribution in [0.3, 0.4) is 0 Å². The van der Waals surface area contributed by atoms with Crippen LogP contribution in [0.1, 0.15) is 25.7 Å². The Morgan fingerprint density at radius 3 is 2.30 bits per heavy atom. The molecule has 0 radical (unpaired) electrons. The molecule has 1 rings (SSSR count). The van der Waals surface area contributed by atoms with Crippen molar-refractivity contribution in [1.82, 2.24) is 4.84 Å². The fourth-order valence-corrected chi connectivity index (χ4v) is 1.63. The van der Waals surface area contributed by atoms with Gasteiger partial charge in [-0.1, -0.05) is 0 Å². The van der Waals surface area contributed by atoms with Gasteiger partial charge in [-0.05, 0) is 37.5 Å². The Kier molecular flexibility index (Phi) is 3.46. The van der Waals surface area contributed by atoms with Crippen molar-refractivity contribution in [3.05, 3.63) is 0 Å². The van der Waals surface area contributed by atoms with E-state index in [0.717, 1.165) is 25.7 Å². The summed E-state index contributed by atoms with van der Waals surface area (Å²) >= 11 is 5.48. The molecule has 0 aromatic carbocycles. The topological polar surface area (TPSA) is 21.3 Å². The summed E-state index contributed by atoms with van der Waals surface area (Å²) in [6, 6.07) is 0.507. The summed E-state index contributed by atoms with van der Waals surface area (Å²) in [5, 5.41) is 0. The smallest absolute Gasteiger partial charge is 0.0572 e. The van der Waals surface area contributed by atoms with Crippen molar-refractivity contribution in [3.8, 4) is 0 Å². The van der Waals surface area contributed by atoms with Gasteiger partial charge in [0.2, 0.25) is 0 Å². The molecule has 2 nitrogen and oxygen atoms in total. The zero-order chi connectivity index (χ0) is 7.40. The van der Waals surface area contributed by atoms with Crippen molar-refractivity contribution in [2.75, 3.05) is 7.11 Å². The molecule has 0 bridgehead atoms. The van der Waals surface area contributed by atoms with E-state index in [1.54, 1.807) is 7.11 Å². The van der Waals surface area contributed by atoms with Gasteiger partial charge in [0, 0.05) is 13.2 Å². The molecule has 1 aliphatic carbocycles. The van der Waals surface area contributed by atoms with Gasteiger partial charge >= 0.3 is 0 Å². The highest BCUT2D eigenvalue weighted by Gasteiger charge is 2.19. The number of hydrogen-bond acceptors (Lipinski definition) is 2. The highest BCUT2D eigenvalue weighted by Crippen LogP contribution is 2.20. The molecular weight excluding hydrogens is 150 g/mol. The summed E-state index contributed by atoms with van der Waals surface area (Å²) in [6.45, 7) is 0. The Balaban J connectivity index is 2.17. The van der Waals surface area contributed by atoms with E-state index < -0.39 is 0 Å². The van der Waals surface area contributed by atoms with E-state index in [9.17, 15) is 0 Å². The van der Waals surface area contributed by atoms with E-state index in [-0.39, 0.29) is 0 Å². The van der Waals surface area contributed by atoms with Gasteiger partial charge in [-0.15, -0.1) is 0 Å². The fraction of sp³-hybridized carbons (Fsp3) is 1.00. The molecule has 0 saturated heterocycles. The third-order valence-corrected chi connectivity index (χ3v) is 2.47. The quantitative estimate of drug-likeness (QED) is 0.626. The summed E-state index contributed by atoms with van der Waals surface area (Å²) in [7, 11) is 1.78. The lowest BCUT2D eigenvalue weighted by Gasteiger charge is -2.25. The minimum absolute atomic E-state index is 0.473. The third-order valence-electron chi connectivity index (χ3n) is 2.16. The molecule has 0 unspecified atom stereocenters. The lowest BCUT2D eigenvalue weighted by Crippen LogP contribution is -2.29. The Morgan fingerprint density at radius 2 is 1.90 bits per heavy atom. The maximum atomic E-state index is 5.48. The molecule has 0 aliphatic heterocycles. The van der Waals surface area contributed by atoms with Crippen molar-refractivity contribution in [2.45, 2.75) is 37.8 Å². The Bertz CT molecular complexity index is 79.6. The van der Waals surface area contributed by atoms with E-state index in [4.69, 9.17) is 16.5 Å². The predicted octanol–water partition coefficient (Wildman–Crippen LogP) is 1.69. The van der Waals surface area contributed by atoms with Crippen molar-refractivity contribution >= 4 is 11.8 Å². The molecule has 0 atom stereocenters. The molecule has 1 fully saturated rings. The van der Waals surface area contributed by atoms with Gasteiger partial charge in [-0.2, -0.15) is 0 Å². The fourth-order valence-electron chi connectivity index (χ4n) is 1.41. The SMILES string of the molecule is COC1CCC(NCl)CC1. The van der Waals surface area contributed by atoms with Crippen LogP contribution in [-0.2, 0) is 4.74 Å². The predicted molar refractivity (Wildman–Crippen MR) is 42.0 cm³/mol. The first-order chi connectivity index (χ1) is 4.86. The van der Waals surface area contributed by atoms with Crippen molar-refractivity contribution in [3.63, 3.8) is 0 Å². The molecule has 3 heteroatoms. The summed E-state index contributed by atoms with van der Waals surface area (Å²) in [6.07, 6.45) is 5.03. The average molecular weight is 164 g/mol. The molecule has 1 aliphatic rings. The standard InChI is InChI=1S/C7H14ClNO/c1-10-7-4-2-6(9-8)3-5-7/h6-7,9H,2-5H2,1H3. The lowest BCUT2D eigenvalue weighted by atomic mass is 9.94. The monoisotopic (exact) mass is 163 g/mol. The van der Waals surface area contributed by atoms with E-state index in [1.807, 2.05) is 0 Å².